The zero-order chi connectivity index (χ0) is 13.7. The molecule has 1 fully saturated rings. The molecule has 0 amide bonds. The lowest BCUT2D eigenvalue weighted by Gasteiger charge is -2.22. The third-order valence-electron chi connectivity index (χ3n) is 3.89. The van der Waals surface area contributed by atoms with E-state index < -0.39 is 0 Å². The summed E-state index contributed by atoms with van der Waals surface area (Å²) < 4.78 is 0. The molecule has 0 atom stereocenters. The van der Waals surface area contributed by atoms with Crippen molar-refractivity contribution in [2.45, 2.75) is 71.3 Å². The zero-order valence-corrected chi connectivity index (χ0v) is 12.8. The van der Waals surface area contributed by atoms with Crippen LogP contribution in [0, 0.1) is 6.92 Å². The monoisotopic (exact) mass is 281 g/mol. The Labute approximate surface area is 121 Å². The van der Waals surface area contributed by atoms with Gasteiger partial charge in [-0.25, -0.2) is 9.97 Å². The quantitative estimate of drug-likeness (QED) is 0.828. The second-order valence-corrected chi connectivity index (χ2v) is 5.80. The van der Waals surface area contributed by atoms with Crippen LogP contribution in [0.3, 0.4) is 0 Å². The third-order valence-corrected chi connectivity index (χ3v) is 4.26. The van der Waals surface area contributed by atoms with Crippen molar-refractivity contribution in [3.8, 4) is 0 Å². The van der Waals surface area contributed by atoms with Crippen molar-refractivity contribution in [3.63, 3.8) is 0 Å². The molecule has 19 heavy (non-hydrogen) atoms. The van der Waals surface area contributed by atoms with Crippen LogP contribution in [0.5, 0.6) is 0 Å². The average Bonchev–Trinajstić information content (AvgIpc) is 2.37. The molecule has 0 aliphatic heterocycles. The van der Waals surface area contributed by atoms with Gasteiger partial charge < -0.3 is 5.32 Å². The molecule has 0 radical (unpaired) electrons. The Morgan fingerprint density at radius 3 is 2.37 bits per heavy atom. The van der Waals surface area contributed by atoms with E-state index in [2.05, 4.69) is 22.2 Å². The van der Waals surface area contributed by atoms with Crippen LogP contribution in [0.15, 0.2) is 0 Å². The van der Waals surface area contributed by atoms with E-state index in [1.165, 1.54) is 44.9 Å². The summed E-state index contributed by atoms with van der Waals surface area (Å²) in [6, 6.07) is 0.537. The summed E-state index contributed by atoms with van der Waals surface area (Å²) in [5, 5.41) is 4.18. The summed E-state index contributed by atoms with van der Waals surface area (Å²) in [6.07, 6.45) is 10.0. The second-order valence-electron chi connectivity index (χ2n) is 5.44. The summed E-state index contributed by atoms with van der Waals surface area (Å²) in [7, 11) is 0. The van der Waals surface area contributed by atoms with E-state index in [9.17, 15) is 0 Å². The Morgan fingerprint density at radius 1 is 1.11 bits per heavy atom. The molecule has 0 spiro atoms. The highest BCUT2D eigenvalue weighted by atomic mass is 35.5. The molecule has 2 rings (SSSR count). The molecule has 1 aliphatic rings. The molecule has 3 nitrogen and oxygen atoms in total. The van der Waals surface area contributed by atoms with Gasteiger partial charge in [0.05, 0.1) is 0 Å². The average molecular weight is 282 g/mol. The van der Waals surface area contributed by atoms with Gasteiger partial charge in [0, 0.05) is 18.0 Å². The molecule has 0 unspecified atom stereocenters. The lowest BCUT2D eigenvalue weighted by molar-refractivity contribution is 0.470. The van der Waals surface area contributed by atoms with Crippen LogP contribution in [0.1, 0.15) is 63.3 Å². The van der Waals surface area contributed by atoms with Gasteiger partial charge in [-0.3, -0.25) is 0 Å². The number of rotatable bonds is 3. The Balaban J connectivity index is 2.10. The molecule has 1 saturated carbocycles. The SMILES string of the molecule is CCc1nc(Cl)c(C)c(NC2CCCCCCC2)n1. The number of hydrogen-bond donors (Lipinski definition) is 1. The smallest absolute Gasteiger partial charge is 0.137 e. The van der Waals surface area contributed by atoms with Gasteiger partial charge in [0.1, 0.15) is 16.8 Å². The van der Waals surface area contributed by atoms with Crippen LogP contribution >= 0.6 is 11.6 Å². The lowest BCUT2D eigenvalue weighted by atomic mass is 9.96. The first kappa shape index (κ1) is 14.6. The first-order valence-electron chi connectivity index (χ1n) is 7.50. The summed E-state index contributed by atoms with van der Waals surface area (Å²) in [5.41, 5.74) is 0.973. The van der Waals surface area contributed by atoms with E-state index in [1.807, 2.05) is 6.92 Å². The number of aryl methyl sites for hydroxylation is 1. The molecule has 0 saturated heterocycles. The van der Waals surface area contributed by atoms with Crippen molar-refractivity contribution < 1.29 is 0 Å². The molecule has 1 aromatic heterocycles. The highest BCUT2D eigenvalue weighted by molar-refractivity contribution is 6.30. The molecular formula is C15H24ClN3. The Bertz CT molecular complexity index is 412. The highest BCUT2D eigenvalue weighted by Crippen LogP contribution is 2.24. The molecular weight excluding hydrogens is 258 g/mol. The van der Waals surface area contributed by atoms with Crippen LogP contribution in [-0.4, -0.2) is 16.0 Å². The van der Waals surface area contributed by atoms with Gasteiger partial charge in [-0.05, 0) is 19.8 Å². The fraction of sp³-hybridized carbons (Fsp3) is 0.733. The maximum atomic E-state index is 6.18. The standard InChI is InChI=1S/C15H24ClN3/c1-3-13-18-14(16)11(2)15(19-13)17-12-9-7-5-4-6-8-10-12/h12H,3-10H2,1-2H3,(H,17,18,19). The van der Waals surface area contributed by atoms with E-state index in [4.69, 9.17) is 11.6 Å². The maximum absolute atomic E-state index is 6.18. The molecule has 1 N–H and O–H groups in total. The van der Waals surface area contributed by atoms with Gasteiger partial charge in [-0.1, -0.05) is 50.6 Å². The lowest BCUT2D eigenvalue weighted by Crippen LogP contribution is -2.22. The molecule has 0 bridgehead atoms. The van der Waals surface area contributed by atoms with Crippen molar-refractivity contribution in [1.29, 1.82) is 0 Å². The minimum Gasteiger partial charge on any atom is -0.367 e. The molecule has 1 heterocycles. The Kier molecular flexibility index (Phi) is 5.44. The number of aromatic nitrogens is 2. The first-order chi connectivity index (χ1) is 9.20. The predicted molar refractivity (Wildman–Crippen MR) is 80.9 cm³/mol. The summed E-state index contributed by atoms with van der Waals surface area (Å²) in [5.74, 6) is 1.76. The van der Waals surface area contributed by atoms with E-state index in [-0.39, 0.29) is 0 Å². The van der Waals surface area contributed by atoms with Gasteiger partial charge in [0.15, 0.2) is 0 Å². The van der Waals surface area contributed by atoms with Crippen LogP contribution in [-0.2, 0) is 6.42 Å². The largest absolute Gasteiger partial charge is 0.367 e. The van der Waals surface area contributed by atoms with Crippen LogP contribution in [0.4, 0.5) is 5.82 Å². The van der Waals surface area contributed by atoms with Gasteiger partial charge in [0.2, 0.25) is 0 Å². The minimum absolute atomic E-state index is 0.537. The number of hydrogen-bond acceptors (Lipinski definition) is 3. The Hall–Kier alpha value is -0.830. The van der Waals surface area contributed by atoms with Gasteiger partial charge >= 0.3 is 0 Å². The first-order valence-corrected chi connectivity index (χ1v) is 7.88. The predicted octanol–water partition coefficient (Wildman–Crippen LogP) is 4.53. The third kappa shape index (κ3) is 4.07. The van der Waals surface area contributed by atoms with E-state index in [0.29, 0.717) is 11.2 Å². The van der Waals surface area contributed by atoms with Gasteiger partial charge in [-0.15, -0.1) is 0 Å². The van der Waals surface area contributed by atoms with Gasteiger partial charge in [0.25, 0.3) is 0 Å². The number of anilines is 1. The maximum Gasteiger partial charge on any atom is 0.137 e. The molecule has 0 aromatic carbocycles. The van der Waals surface area contributed by atoms with E-state index in [0.717, 1.165) is 23.6 Å². The topological polar surface area (TPSA) is 37.8 Å². The van der Waals surface area contributed by atoms with Crippen molar-refractivity contribution in [2.75, 3.05) is 5.32 Å². The fourth-order valence-electron chi connectivity index (χ4n) is 2.63. The molecule has 1 aliphatic carbocycles. The van der Waals surface area contributed by atoms with E-state index >= 15 is 0 Å². The van der Waals surface area contributed by atoms with Crippen LogP contribution < -0.4 is 5.32 Å². The van der Waals surface area contributed by atoms with Crippen molar-refractivity contribution in [2.24, 2.45) is 0 Å². The number of halogens is 1. The molecule has 1 aromatic rings. The number of nitrogens with one attached hydrogen (secondary N) is 1. The summed E-state index contributed by atoms with van der Waals surface area (Å²) >= 11 is 6.18. The number of nitrogens with zero attached hydrogens (tertiary/aromatic N) is 2. The van der Waals surface area contributed by atoms with Crippen LogP contribution in [0.2, 0.25) is 5.15 Å². The Morgan fingerprint density at radius 2 is 1.74 bits per heavy atom. The molecule has 4 heteroatoms. The second kappa shape index (κ2) is 7.09. The minimum atomic E-state index is 0.537. The summed E-state index contributed by atoms with van der Waals surface area (Å²) in [4.78, 5) is 8.89. The van der Waals surface area contributed by atoms with Gasteiger partial charge in [-0.2, -0.15) is 0 Å². The van der Waals surface area contributed by atoms with Crippen molar-refractivity contribution in [3.05, 3.63) is 16.5 Å². The van der Waals surface area contributed by atoms with Crippen molar-refractivity contribution in [1.82, 2.24) is 9.97 Å². The van der Waals surface area contributed by atoms with E-state index in [1.54, 1.807) is 0 Å². The van der Waals surface area contributed by atoms with Crippen molar-refractivity contribution >= 4 is 17.4 Å². The zero-order valence-electron chi connectivity index (χ0n) is 12.0. The van der Waals surface area contributed by atoms with Crippen LogP contribution in [0.25, 0.3) is 0 Å². The summed E-state index contributed by atoms with van der Waals surface area (Å²) in [6.45, 7) is 4.05. The normalized spacial score (nSPS) is 17.8. The fourth-order valence-corrected chi connectivity index (χ4v) is 2.81. The molecule has 106 valence electrons. The highest BCUT2D eigenvalue weighted by Gasteiger charge is 2.15.